The lowest BCUT2D eigenvalue weighted by atomic mass is 10.1. The highest BCUT2D eigenvalue weighted by Gasteiger charge is 2.28. The van der Waals surface area contributed by atoms with Crippen LogP contribution in [0.4, 0.5) is 11.4 Å². The van der Waals surface area contributed by atoms with Crippen molar-refractivity contribution in [1.29, 1.82) is 0 Å². The fraction of sp³-hybridized carbons (Fsp3) is 0.316. The van der Waals surface area contributed by atoms with Crippen LogP contribution in [0.25, 0.3) is 0 Å². The number of hydrogen-bond acceptors (Lipinski definition) is 3. The minimum Gasteiger partial charge on any atom is -0.356 e. The summed E-state index contributed by atoms with van der Waals surface area (Å²) in [5.41, 5.74) is 1.89. The lowest BCUT2D eigenvalue weighted by Crippen LogP contribution is -3.11. The average molecular weight is 406 g/mol. The Hall–Kier alpha value is -2.22. The van der Waals surface area contributed by atoms with E-state index in [-0.39, 0.29) is 11.7 Å². The van der Waals surface area contributed by atoms with Crippen molar-refractivity contribution < 1.29 is 9.82 Å². The van der Waals surface area contributed by atoms with Gasteiger partial charge in [-0.25, -0.2) is 0 Å². The molecule has 1 aliphatic rings. The number of anilines is 1. The molecule has 142 valence electrons. The second kappa shape index (κ2) is 9.12. The van der Waals surface area contributed by atoms with E-state index in [1.807, 2.05) is 18.2 Å². The maximum Gasteiger partial charge on any atom is 0.269 e. The van der Waals surface area contributed by atoms with E-state index in [9.17, 15) is 10.1 Å². The second-order valence-electron chi connectivity index (χ2n) is 6.58. The van der Waals surface area contributed by atoms with Crippen LogP contribution >= 0.6 is 23.8 Å². The van der Waals surface area contributed by atoms with Gasteiger partial charge in [0.2, 0.25) is 0 Å². The third kappa shape index (κ3) is 5.15. The smallest absolute Gasteiger partial charge is 0.269 e. The maximum atomic E-state index is 10.7. The van der Waals surface area contributed by atoms with Gasteiger partial charge in [-0.15, -0.1) is 0 Å². The van der Waals surface area contributed by atoms with Gasteiger partial charge in [-0.3, -0.25) is 10.1 Å². The number of hydrogen-bond donors (Lipinski definition) is 3. The van der Waals surface area contributed by atoms with Crippen LogP contribution < -0.4 is 15.5 Å². The molecule has 1 heterocycles. The van der Waals surface area contributed by atoms with Crippen LogP contribution in [0.3, 0.4) is 0 Å². The number of halogens is 1. The van der Waals surface area contributed by atoms with Crippen molar-refractivity contribution in [3.8, 4) is 0 Å². The van der Waals surface area contributed by atoms with Crippen molar-refractivity contribution in [2.75, 3.05) is 25.0 Å². The minimum atomic E-state index is -0.423. The van der Waals surface area contributed by atoms with Crippen LogP contribution in [0.5, 0.6) is 0 Å². The van der Waals surface area contributed by atoms with Gasteiger partial charge in [0.15, 0.2) is 5.11 Å². The summed E-state index contributed by atoms with van der Waals surface area (Å²) in [4.78, 5) is 11.8. The summed E-state index contributed by atoms with van der Waals surface area (Å²) < 4.78 is 0. The number of nitrogens with zero attached hydrogens (tertiary/aromatic N) is 1. The van der Waals surface area contributed by atoms with E-state index in [0.717, 1.165) is 23.7 Å². The Morgan fingerprint density at radius 3 is 2.48 bits per heavy atom. The Morgan fingerprint density at radius 1 is 1.19 bits per heavy atom. The Balaban J connectivity index is 1.63. The van der Waals surface area contributed by atoms with E-state index in [0.29, 0.717) is 17.3 Å². The molecule has 1 atom stereocenters. The van der Waals surface area contributed by atoms with E-state index in [2.05, 4.69) is 16.7 Å². The summed E-state index contributed by atoms with van der Waals surface area (Å²) in [6, 6.07) is 14.4. The third-order valence-corrected chi connectivity index (χ3v) is 5.41. The molecule has 0 unspecified atom stereocenters. The first kappa shape index (κ1) is 19.5. The lowest BCUT2D eigenvalue weighted by molar-refractivity contribution is -0.918. The van der Waals surface area contributed by atoms with Gasteiger partial charge in [-0.05, 0) is 30.4 Å². The first-order valence-corrected chi connectivity index (χ1v) is 9.71. The molecule has 1 fully saturated rings. The molecule has 0 aromatic heterocycles. The summed E-state index contributed by atoms with van der Waals surface area (Å²) in [5.74, 6) is 0. The molecule has 1 aliphatic heterocycles. The number of nitrogens with one attached hydrogen (secondary N) is 3. The maximum absolute atomic E-state index is 10.7. The first-order chi connectivity index (χ1) is 13.0. The molecule has 0 bridgehead atoms. The van der Waals surface area contributed by atoms with E-state index in [1.54, 1.807) is 12.1 Å². The van der Waals surface area contributed by atoms with Gasteiger partial charge in [0.1, 0.15) is 6.04 Å². The zero-order valence-corrected chi connectivity index (χ0v) is 16.4. The highest BCUT2D eigenvalue weighted by molar-refractivity contribution is 7.80. The summed E-state index contributed by atoms with van der Waals surface area (Å²) in [6.45, 7) is 2.91. The molecule has 2 aromatic carbocycles. The predicted molar refractivity (Wildman–Crippen MR) is 111 cm³/mol. The summed E-state index contributed by atoms with van der Waals surface area (Å²) in [6.07, 6.45) is 2.45. The molecule has 0 radical (unpaired) electrons. The van der Waals surface area contributed by atoms with Crippen LogP contribution in [-0.2, 0) is 0 Å². The number of nitro groups is 1. The van der Waals surface area contributed by atoms with Gasteiger partial charge in [-0.2, -0.15) is 0 Å². The molecule has 0 amide bonds. The molecule has 2 aromatic rings. The number of likely N-dealkylation sites (tertiary alicyclic amines) is 1. The van der Waals surface area contributed by atoms with Crippen molar-refractivity contribution >= 4 is 40.3 Å². The number of rotatable bonds is 6. The Kier molecular flexibility index (Phi) is 6.60. The molecule has 3 N–H and O–H groups in total. The molecule has 0 saturated carbocycles. The predicted octanol–water partition coefficient (Wildman–Crippen LogP) is 2.95. The molecule has 3 rings (SSSR count). The van der Waals surface area contributed by atoms with E-state index in [4.69, 9.17) is 23.8 Å². The normalized spacial score (nSPS) is 15.3. The average Bonchev–Trinajstić information content (AvgIpc) is 3.18. The van der Waals surface area contributed by atoms with Gasteiger partial charge in [0, 0.05) is 41.2 Å². The first-order valence-electron chi connectivity index (χ1n) is 8.93. The molecule has 0 spiro atoms. The van der Waals surface area contributed by atoms with E-state index in [1.165, 1.54) is 29.9 Å². The number of benzene rings is 2. The van der Waals surface area contributed by atoms with Crippen LogP contribution in [-0.4, -0.2) is 29.7 Å². The molecule has 27 heavy (non-hydrogen) atoms. The lowest BCUT2D eigenvalue weighted by Gasteiger charge is -2.26. The van der Waals surface area contributed by atoms with Crippen molar-refractivity contribution in [3.05, 3.63) is 69.2 Å². The summed E-state index contributed by atoms with van der Waals surface area (Å²) in [7, 11) is 0. The van der Waals surface area contributed by atoms with Crippen molar-refractivity contribution in [2.45, 2.75) is 18.9 Å². The van der Waals surface area contributed by atoms with Crippen LogP contribution in [0.1, 0.15) is 24.4 Å². The SMILES string of the molecule is O=[N+]([O-])c1ccc(NC(=S)NC[C@H](c2ccccc2Cl)[NH+]2CCCC2)cc1. The minimum absolute atomic E-state index is 0.0517. The van der Waals surface area contributed by atoms with Gasteiger partial charge in [0.25, 0.3) is 5.69 Å². The number of quaternary nitrogens is 1. The summed E-state index contributed by atoms with van der Waals surface area (Å²) in [5, 5.41) is 18.3. The van der Waals surface area contributed by atoms with Crippen LogP contribution in [0, 0.1) is 10.1 Å². The molecular weight excluding hydrogens is 384 g/mol. The van der Waals surface area contributed by atoms with Crippen molar-refractivity contribution in [1.82, 2.24) is 5.32 Å². The van der Waals surface area contributed by atoms with Gasteiger partial charge in [-0.1, -0.05) is 29.8 Å². The Bertz CT molecular complexity index is 810. The van der Waals surface area contributed by atoms with E-state index >= 15 is 0 Å². The topological polar surface area (TPSA) is 71.6 Å². The number of thiocarbonyl (C=S) groups is 1. The van der Waals surface area contributed by atoms with Crippen molar-refractivity contribution in [3.63, 3.8) is 0 Å². The number of non-ortho nitro benzene ring substituents is 1. The third-order valence-electron chi connectivity index (χ3n) is 4.82. The summed E-state index contributed by atoms with van der Waals surface area (Å²) >= 11 is 11.8. The highest BCUT2D eigenvalue weighted by atomic mass is 35.5. The molecule has 0 aliphatic carbocycles. The standard InChI is InChI=1S/C19H21ClN4O2S/c20-17-6-2-1-5-16(17)18(23-11-3-4-12-23)13-21-19(27)22-14-7-9-15(10-8-14)24(25)26/h1-2,5-10,18H,3-4,11-13H2,(H2,21,22,27)/p+1/t18-/m1/s1. The monoisotopic (exact) mass is 405 g/mol. The van der Waals surface area contributed by atoms with Crippen LogP contribution in [0.2, 0.25) is 5.02 Å². The largest absolute Gasteiger partial charge is 0.356 e. The highest BCUT2D eigenvalue weighted by Crippen LogP contribution is 2.21. The molecule has 8 heteroatoms. The Morgan fingerprint density at radius 2 is 1.85 bits per heavy atom. The number of nitro benzene ring substituents is 1. The quantitative estimate of drug-likeness (QED) is 0.391. The molecular formula is C19H22ClN4O2S+. The van der Waals surface area contributed by atoms with Gasteiger partial charge < -0.3 is 15.5 Å². The second-order valence-corrected chi connectivity index (χ2v) is 7.39. The van der Waals surface area contributed by atoms with Crippen LogP contribution in [0.15, 0.2) is 48.5 Å². The Labute approximate surface area is 168 Å². The zero-order chi connectivity index (χ0) is 19.2. The fourth-order valence-electron chi connectivity index (χ4n) is 3.45. The van der Waals surface area contributed by atoms with E-state index < -0.39 is 4.92 Å². The molecule has 1 saturated heterocycles. The zero-order valence-electron chi connectivity index (χ0n) is 14.8. The van der Waals surface area contributed by atoms with Gasteiger partial charge in [0.05, 0.1) is 24.6 Å². The van der Waals surface area contributed by atoms with Gasteiger partial charge >= 0.3 is 0 Å². The van der Waals surface area contributed by atoms with Crippen molar-refractivity contribution in [2.24, 2.45) is 0 Å². The molecule has 6 nitrogen and oxygen atoms in total. The fourth-order valence-corrected chi connectivity index (χ4v) is 3.91.